The van der Waals surface area contributed by atoms with Gasteiger partial charge in [-0.15, -0.1) is 11.8 Å². The first-order valence-electron chi connectivity index (χ1n) is 5.93. The van der Waals surface area contributed by atoms with Crippen LogP contribution in [0.4, 0.5) is 0 Å². The number of aliphatic imine (C=N–C) groups is 1. The van der Waals surface area contributed by atoms with Gasteiger partial charge in [0.15, 0.2) is 0 Å². The average molecular weight is 249 g/mol. The molecule has 3 nitrogen and oxygen atoms in total. The quantitative estimate of drug-likeness (QED) is 0.667. The first-order valence-corrected chi connectivity index (χ1v) is 6.81. The van der Waals surface area contributed by atoms with E-state index in [1.807, 2.05) is 6.08 Å². The molecule has 4 heteroatoms. The van der Waals surface area contributed by atoms with Crippen molar-refractivity contribution in [3.63, 3.8) is 0 Å². The summed E-state index contributed by atoms with van der Waals surface area (Å²) in [7, 11) is 1.47. The molecular formula is C13H15NO2S. The van der Waals surface area contributed by atoms with Gasteiger partial charge in [-0.3, -0.25) is 9.79 Å². The van der Waals surface area contributed by atoms with Crippen LogP contribution in [0.15, 0.2) is 29.3 Å². The molecule has 1 saturated heterocycles. The number of hydrogen-bond donors (Lipinski definition) is 0. The zero-order valence-electron chi connectivity index (χ0n) is 9.76. The Morgan fingerprint density at radius 2 is 2.47 bits per heavy atom. The fraction of sp³-hybridized carbons (Fsp3) is 0.538. The third kappa shape index (κ3) is 1.58. The van der Waals surface area contributed by atoms with Crippen molar-refractivity contribution in [3.05, 3.63) is 24.3 Å². The Kier molecular flexibility index (Phi) is 2.62. The van der Waals surface area contributed by atoms with Crippen LogP contribution < -0.4 is 0 Å². The average Bonchev–Trinajstić information content (AvgIpc) is 2.75. The van der Waals surface area contributed by atoms with Gasteiger partial charge < -0.3 is 4.74 Å². The summed E-state index contributed by atoms with van der Waals surface area (Å²) in [6, 6.07) is 0. The van der Waals surface area contributed by atoms with E-state index in [4.69, 9.17) is 4.74 Å². The minimum Gasteiger partial charge on any atom is -0.468 e. The van der Waals surface area contributed by atoms with E-state index < -0.39 is 0 Å². The number of methoxy groups -OCH3 is 1. The van der Waals surface area contributed by atoms with Crippen molar-refractivity contribution in [2.45, 2.75) is 22.8 Å². The van der Waals surface area contributed by atoms with Gasteiger partial charge in [0.2, 0.25) is 0 Å². The fourth-order valence-corrected chi connectivity index (χ4v) is 4.75. The summed E-state index contributed by atoms with van der Waals surface area (Å²) in [5.74, 6) is 0.423. The van der Waals surface area contributed by atoms with Gasteiger partial charge in [-0.25, -0.2) is 0 Å². The lowest BCUT2D eigenvalue weighted by Crippen LogP contribution is -2.41. The molecule has 0 saturated carbocycles. The number of carbonyl (C=O) groups excluding carboxylic acids is 1. The molecule has 1 aliphatic carbocycles. The molecule has 2 aliphatic heterocycles. The number of esters is 1. The van der Waals surface area contributed by atoms with E-state index in [0.717, 1.165) is 25.1 Å². The van der Waals surface area contributed by atoms with Gasteiger partial charge in [-0.05, 0) is 24.8 Å². The van der Waals surface area contributed by atoms with Crippen LogP contribution in [0, 0.1) is 5.92 Å². The Labute approximate surface area is 105 Å². The van der Waals surface area contributed by atoms with Crippen LogP contribution in [0.3, 0.4) is 0 Å². The Morgan fingerprint density at radius 1 is 1.59 bits per heavy atom. The van der Waals surface area contributed by atoms with Crippen LogP contribution in [0.1, 0.15) is 12.8 Å². The molecular weight excluding hydrogens is 234 g/mol. The van der Waals surface area contributed by atoms with Crippen LogP contribution >= 0.6 is 11.8 Å². The van der Waals surface area contributed by atoms with E-state index in [1.54, 1.807) is 11.8 Å². The van der Waals surface area contributed by atoms with Crippen LogP contribution in [0.2, 0.25) is 0 Å². The fourth-order valence-electron chi connectivity index (χ4n) is 2.94. The standard InChI is InChI=1S/C13H15NO2S/c1-16-12(15)10-8-9-5-7-14-11-4-2-3-6-13(9,11)17-10/h2-4,6,9-10H,5,7-8H2,1H3. The molecule has 0 amide bonds. The first-order chi connectivity index (χ1) is 8.26. The maximum Gasteiger partial charge on any atom is 0.318 e. The van der Waals surface area contributed by atoms with Gasteiger partial charge in [0.05, 0.1) is 17.6 Å². The van der Waals surface area contributed by atoms with E-state index in [2.05, 4.69) is 23.2 Å². The highest BCUT2D eigenvalue weighted by molar-refractivity contribution is 8.03. The molecule has 0 radical (unpaired) electrons. The van der Waals surface area contributed by atoms with Crippen LogP contribution in [0.25, 0.3) is 0 Å². The van der Waals surface area contributed by atoms with E-state index >= 15 is 0 Å². The summed E-state index contributed by atoms with van der Waals surface area (Å²) in [4.78, 5) is 16.3. The molecule has 0 bridgehead atoms. The van der Waals surface area contributed by atoms with Crippen molar-refractivity contribution in [2.75, 3.05) is 13.7 Å². The molecule has 90 valence electrons. The number of carbonyl (C=O) groups is 1. The second-order valence-electron chi connectivity index (χ2n) is 4.63. The summed E-state index contributed by atoms with van der Waals surface area (Å²) < 4.78 is 4.81. The molecule has 0 aromatic carbocycles. The summed E-state index contributed by atoms with van der Waals surface area (Å²) >= 11 is 1.72. The minimum atomic E-state index is -0.0962. The largest absolute Gasteiger partial charge is 0.468 e. The number of thioether (sulfide) groups is 1. The Bertz CT molecular complexity index is 441. The molecule has 17 heavy (non-hydrogen) atoms. The van der Waals surface area contributed by atoms with Gasteiger partial charge in [-0.1, -0.05) is 18.2 Å². The lowest BCUT2D eigenvalue weighted by atomic mass is 9.78. The number of rotatable bonds is 1. The summed E-state index contributed by atoms with van der Waals surface area (Å²) in [5, 5.41) is -0.0375. The zero-order valence-corrected chi connectivity index (χ0v) is 10.6. The predicted octanol–water partition coefficient (Wildman–Crippen LogP) is 1.99. The third-order valence-corrected chi connectivity index (χ3v) is 5.51. The van der Waals surface area contributed by atoms with Gasteiger partial charge in [0, 0.05) is 6.54 Å². The number of allylic oxidation sites excluding steroid dienone is 3. The highest BCUT2D eigenvalue weighted by Gasteiger charge is 2.52. The van der Waals surface area contributed by atoms with Crippen LogP contribution in [-0.2, 0) is 9.53 Å². The first kappa shape index (κ1) is 11.1. The maximum absolute atomic E-state index is 11.7. The van der Waals surface area contributed by atoms with Crippen molar-refractivity contribution in [2.24, 2.45) is 10.9 Å². The SMILES string of the molecule is COC(=O)C1CC2CCN=C3C=CC=CC32S1. The van der Waals surface area contributed by atoms with E-state index in [9.17, 15) is 4.79 Å². The molecule has 1 spiro atoms. The highest BCUT2D eigenvalue weighted by atomic mass is 32.2. The van der Waals surface area contributed by atoms with Gasteiger partial charge >= 0.3 is 5.97 Å². The lowest BCUT2D eigenvalue weighted by Gasteiger charge is -2.36. The Hall–Kier alpha value is -1.03. The molecule has 3 rings (SSSR count). The monoisotopic (exact) mass is 249 g/mol. The van der Waals surface area contributed by atoms with Crippen molar-refractivity contribution in [1.82, 2.24) is 0 Å². The summed E-state index contributed by atoms with van der Waals surface area (Å²) in [6.45, 7) is 0.883. The second-order valence-corrected chi connectivity index (χ2v) is 6.11. The van der Waals surface area contributed by atoms with Gasteiger partial charge in [0.25, 0.3) is 0 Å². The molecule has 3 aliphatic rings. The molecule has 3 atom stereocenters. The summed E-state index contributed by atoms with van der Waals surface area (Å²) in [6.07, 6.45) is 10.4. The van der Waals surface area contributed by atoms with Crippen LogP contribution in [-0.4, -0.2) is 35.3 Å². The molecule has 0 aromatic heterocycles. The van der Waals surface area contributed by atoms with E-state index in [0.29, 0.717) is 5.92 Å². The van der Waals surface area contributed by atoms with Crippen molar-refractivity contribution < 1.29 is 9.53 Å². The van der Waals surface area contributed by atoms with Crippen molar-refractivity contribution in [1.29, 1.82) is 0 Å². The maximum atomic E-state index is 11.7. The van der Waals surface area contributed by atoms with Crippen molar-refractivity contribution >= 4 is 23.4 Å². The zero-order chi connectivity index (χ0) is 11.9. The molecule has 0 N–H and O–H groups in total. The molecule has 2 heterocycles. The lowest BCUT2D eigenvalue weighted by molar-refractivity contribution is -0.140. The smallest absolute Gasteiger partial charge is 0.318 e. The minimum absolute atomic E-state index is 0.0375. The van der Waals surface area contributed by atoms with E-state index in [-0.39, 0.29) is 16.0 Å². The topological polar surface area (TPSA) is 38.7 Å². The Balaban J connectivity index is 1.94. The van der Waals surface area contributed by atoms with Gasteiger partial charge in [0.1, 0.15) is 5.25 Å². The summed E-state index contributed by atoms with van der Waals surface area (Å²) in [5.41, 5.74) is 1.13. The number of nitrogens with zero attached hydrogens (tertiary/aromatic N) is 1. The molecule has 0 aromatic rings. The third-order valence-electron chi connectivity index (χ3n) is 3.78. The normalized spacial score (nSPS) is 38.3. The highest BCUT2D eigenvalue weighted by Crippen LogP contribution is 2.53. The predicted molar refractivity (Wildman–Crippen MR) is 69.4 cm³/mol. The Morgan fingerprint density at radius 3 is 3.29 bits per heavy atom. The van der Waals surface area contributed by atoms with Crippen LogP contribution in [0.5, 0.6) is 0 Å². The molecule has 1 fully saturated rings. The van der Waals surface area contributed by atoms with E-state index in [1.165, 1.54) is 7.11 Å². The van der Waals surface area contributed by atoms with Gasteiger partial charge in [-0.2, -0.15) is 0 Å². The molecule has 3 unspecified atom stereocenters. The second kappa shape index (κ2) is 4.02. The number of hydrogen-bond acceptors (Lipinski definition) is 4. The van der Waals surface area contributed by atoms with Crippen molar-refractivity contribution in [3.8, 4) is 0 Å². The number of ether oxygens (including phenoxy) is 1.